The molecule has 2 aliphatic carbocycles. The van der Waals surface area contributed by atoms with Crippen LogP contribution in [0.3, 0.4) is 0 Å². The van der Waals surface area contributed by atoms with E-state index < -0.39 is 0 Å². The van der Waals surface area contributed by atoms with Crippen LogP contribution in [0.5, 0.6) is 0 Å². The average Bonchev–Trinajstić information content (AvgIpc) is 3.28. The predicted molar refractivity (Wildman–Crippen MR) is 95.1 cm³/mol. The van der Waals surface area contributed by atoms with Crippen LogP contribution in [0, 0.1) is 24.7 Å². The summed E-state index contributed by atoms with van der Waals surface area (Å²) in [6.07, 6.45) is 10.0. The number of hydrogen-bond acceptors (Lipinski definition) is 4. The fourth-order valence-corrected chi connectivity index (χ4v) is 5.38. The average molecular weight is 325 g/mol. The molecule has 3 fully saturated rings. The van der Waals surface area contributed by atoms with E-state index >= 15 is 0 Å². The van der Waals surface area contributed by atoms with Crippen LogP contribution in [-0.2, 0) is 4.74 Å². The van der Waals surface area contributed by atoms with Gasteiger partial charge in [-0.1, -0.05) is 12.2 Å². The van der Waals surface area contributed by atoms with Crippen LogP contribution >= 0.6 is 0 Å². The Morgan fingerprint density at radius 2 is 2.21 bits per heavy atom. The highest BCUT2D eigenvalue weighted by Crippen LogP contribution is 2.44. The molecule has 4 heteroatoms. The maximum atomic E-state index is 6.13. The highest BCUT2D eigenvalue weighted by atomic mass is 16.5. The van der Waals surface area contributed by atoms with Crippen molar-refractivity contribution in [3.8, 4) is 0 Å². The lowest BCUT2D eigenvalue weighted by Gasteiger charge is -2.38. The summed E-state index contributed by atoms with van der Waals surface area (Å²) in [7, 11) is 0. The lowest BCUT2D eigenvalue weighted by atomic mass is 9.93. The van der Waals surface area contributed by atoms with Crippen molar-refractivity contribution >= 4 is 5.69 Å². The molecule has 0 spiro atoms. The smallest absolute Gasteiger partial charge is 0.0918 e. The quantitative estimate of drug-likeness (QED) is 0.799. The van der Waals surface area contributed by atoms with E-state index in [9.17, 15) is 0 Å². The SMILES string of the molecule is Cc1cc(N2CCO[C@H]3CN(CC4CC5C=CC4C5)C[C@@H]32)ccn1. The molecule has 1 aromatic heterocycles. The van der Waals surface area contributed by atoms with Gasteiger partial charge in [0.1, 0.15) is 0 Å². The number of aryl methyl sites for hydroxylation is 1. The molecule has 0 aromatic carbocycles. The highest BCUT2D eigenvalue weighted by molar-refractivity contribution is 5.48. The normalized spacial score (nSPS) is 38.0. The highest BCUT2D eigenvalue weighted by Gasteiger charge is 2.43. The van der Waals surface area contributed by atoms with Crippen LogP contribution in [-0.4, -0.2) is 54.8 Å². The van der Waals surface area contributed by atoms with Crippen LogP contribution in [0.25, 0.3) is 0 Å². The number of pyridine rings is 1. The minimum absolute atomic E-state index is 0.362. The van der Waals surface area contributed by atoms with Gasteiger partial charge in [-0.2, -0.15) is 0 Å². The summed E-state index contributed by atoms with van der Waals surface area (Å²) in [5, 5.41) is 0. The Bertz CT molecular complexity index is 646. The van der Waals surface area contributed by atoms with Crippen molar-refractivity contribution in [1.29, 1.82) is 0 Å². The van der Waals surface area contributed by atoms with Crippen molar-refractivity contribution < 1.29 is 4.74 Å². The zero-order chi connectivity index (χ0) is 16.1. The third-order valence-electron chi connectivity index (χ3n) is 6.50. The molecule has 4 nitrogen and oxygen atoms in total. The van der Waals surface area contributed by atoms with E-state index in [0.717, 1.165) is 49.7 Å². The van der Waals surface area contributed by atoms with E-state index in [0.29, 0.717) is 12.1 Å². The number of hydrogen-bond donors (Lipinski definition) is 0. The Morgan fingerprint density at radius 3 is 3.00 bits per heavy atom. The van der Waals surface area contributed by atoms with Crippen LogP contribution in [0.1, 0.15) is 18.5 Å². The monoisotopic (exact) mass is 325 g/mol. The topological polar surface area (TPSA) is 28.6 Å². The van der Waals surface area contributed by atoms with Gasteiger partial charge in [-0.3, -0.25) is 9.88 Å². The number of aromatic nitrogens is 1. The maximum Gasteiger partial charge on any atom is 0.0918 e. The fraction of sp³-hybridized carbons (Fsp3) is 0.650. The second-order valence-corrected chi connectivity index (χ2v) is 8.08. The summed E-state index contributed by atoms with van der Waals surface area (Å²) in [5.74, 6) is 2.59. The maximum absolute atomic E-state index is 6.13. The van der Waals surface area contributed by atoms with Gasteiger partial charge in [0, 0.05) is 43.8 Å². The number of rotatable bonds is 3. The van der Waals surface area contributed by atoms with Crippen molar-refractivity contribution in [3.63, 3.8) is 0 Å². The molecule has 2 aliphatic heterocycles. The summed E-state index contributed by atoms with van der Waals surface area (Å²) < 4.78 is 6.13. The number of fused-ring (bicyclic) bond motifs is 3. The van der Waals surface area contributed by atoms with E-state index in [1.807, 2.05) is 6.20 Å². The molecule has 3 heterocycles. The molecule has 3 unspecified atom stereocenters. The summed E-state index contributed by atoms with van der Waals surface area (Å²) >= 11 is 0. The number of anilines is 1. The Labute approximate surface area is 144 Å². The Balaban J connectivity index is 1.29. The van der Waals surface area contributed by atoms with E-state index in [4.69, 9.17) is 4.74 Å². The largest absolute Gasteiger partial charge is 0.373 e. The van der Waals surface area contributed by atoms with Gasteiger partial charge in [-0.05, 0) is 49.7 Å². The van der Waals surface area contributed by atoms with Crippen LogP contribution in [0.2, 0.25) is 0 Å². The van der Waals surface area contributed by atoms with Crippen LogP contribution < -0.4 is 4.90 Å². The second kappa shape index (κ2) is 5.85. The zero-order valence-corrected chi connectivity index (χ0v) is 14.5. The number of allylic oxidation sites excluding steroid dienone is 2. The minimum Gasteiger partial charge on any atom is -0.373 e. The van der Waals surface area contributed by atoms with Crippen molar-refractivity contribution in [1.82, 2.24) is 9.88 Å². The first-order valence-corrected chi connectivity index (χ1v) is 9.48. The molecule has 128 valence electrons. The first-order valence-electron chi connectivity index (χ1n) is 9.48. The van der Waals surface area contributed by atoms with Gasteiger partial charge in [0.25, 0.3) is 0 Å². The lowest BCUT2D eigenvalue weighted by molar-refractivity contribution is 0.0302. The third kappa shape index (κ3) is 2.56. The molecule has 4 aliphatic rings. The Kier molecular flexibility index (Phi) is 3.64. The molecule has 0 amide bonds. The number of likely N-dealkylation sites (tertiary alicyclic amines) is 1. The van der Waals surface area contributed by atoms with Gasteiger partial charge in [0.05, 0.1) is 18.8 Å². The van der Waals surface area contributed by atoms with Crippen molar-refractivity contribution in [2.45, 2.75) is 31.9 Å². The predicted octanol–water partition coefficient (Wildman–Crippen LogP) is 2.49. The van der Waals surface area contributed by atoms with E-state index in [-0.39, 0.29) is 0 Å². The molecule has 5 atom stereocenters. The molecule has 0 radical (unpaired) electrons. The zero-order valence-electron chi connectivity index (χ0n) is 14.5. The van der Waals surface area contributed by atoms with E-state index in [1.165, 1.54) is 25.1 Å². The molecule has 5 rings (SSSR count). The van der Waals surface area contributed by atoms with Gasteiger partial charge in [0.2, 0.25) is 0 Å². The van der Waals surface area contributed by atoms with Crippen molar-refractivity contribution in [2.75, 3.05) is 37.7 Å². The first kappa shape index (κ1) is 14.9. The molecule has 0 N–H and O–H groups in total. The summed E-state index contributed by atoms with van der Waals surface area (Å²) in [6, 6.07) is 4.86. The molecule has 2 saturated heterocycles. The minimum atomic E-state index is 0.362. The fourth-order valence-electron chi connectivity index (χ4n) is 5.38. The molecule has 1 saturated carbocycles. The third-order valence-corrected chi connectivity index (χ3v) is 6.50. The van der Waals surface area contributed by atoms with Crippen LogP contribution in [0.15, 0.2) is 30.5 Å². The first-order chi connectivity index (χ1) is 11.8. The number of morpholine rings is 1. The summed E-state index contributed by atoms with van der Waals surface area (Å²) in [6.45, 7) is 7.41. The van der Waals surface area contributed by atoms with E-state index in [2.05, 4.69) is 46.0 Å². The summed E-state index contributed by atoms with van der Waals surface area (Å²) in [4.78, 5) is 9.58. The Hall–Kier alpha value is -1.39. The number of nitrogens with zero attached hydrogens (tertiary/aromatic N) is 3. The van der Waals surface area contributed by atoms with Crippen molar-refractivity contribution in [3.05, 3.63) is 36.2 Å². The standard InChI is InChI=1S/C20H27N3O/c1-14-8-18(4-5-21-14)23-6-7-24-20-13-22(12-19(20)23)11-17-10-15-2-3-16(17)9-15/h2-5,8,15-17,19-20H,6-7,9-13H2,1H3/t15?,16?,17?,19-,20-/m0/s1. The van der Waals surface area contributed by atoms with Gasteiger partial charge < -0.3 is 9.64 Å². The molecular weight excluding hydrogens is 298 g/mol. The summed E-state index contributed by atoms with van der Waals surface area (Å²) in [5.41, 5.74) is 2.41. The van der Waals surface area contributed by atoms with Gasteiger partial charge in [-0.25, -0.2) is 0 Å². The molecule has 24 heavy (non-hydrogen) atoms. The second-order valence-electron chi connectivity index (χ2n) is 8.08. The molecule has 2 bridgehead atoms. The molecule has 1 aromatic rings. The number of ether oxygens (including phenoxy) is 1. The van der Waals surface area contributed by atoms with Gasteiger partial charge in [-0.15, -0.1) is 0 Å². The molecular formula is C20H27N3O. The van der Waals surface area contributed by atoms with Crippen molar-refractivity contribution in [2.24, 2.45) is 17.8 Å². The van der Waals surface area contributed by atoms with E-state index in [1.54, 1.807) is 0 Å². The Morgan fingerprint density at radius 1 is 1.25 bits per heavy atom. The van der Waals surface area contributed by atoms with Crippen LogP contribution in [0.4, 0.5) is 5.69 Å². The van der Waals surface area contributed by atoms with Gasteiger partial charge >= 0.3 is 0 Å². The lowest BCUT2D eigenvalue weighted by Crippen LogP contribution is -2.51. The van der Waals surface area contributed by atoms with Gasteiger partial charge in [0.15, 0.2) is 0 Å².